The van der Waals surface area contributed by atoms with Gasteiger partial charge in [-0.25, -0.2) is 9.97 Å². The number of halogens is 1. The first-order chi connectivity index (χ1) is 10.1. The third-order valence-corrected chi connectivity index (χ3v) is 5.41. The molecule has 114 valence electrons. The second kappa shape index (κ2) is 6.09. The van der Waals surface area contributed by atoms with Crippen molar-refractivity contribution in [2.75, 3.05) is 11.9 Å². The third-order valence-electron chi connectivity index (χ3n) is 4.43. The van der Waals surface area contributed by atoms with E-state index in [1.54, 1.807) is 11.3 Å². The van der Waals surface area contributed by atoms with Crippen LogP contribution in [-0.4, -0.2) is 16.5 Å². The SMILES string of the molecule is CC(C)CC1(CNc2nc(Cl)nc3sccc23)CCCC1. The van der Waals surface area contributed by atoms with Crippen LogP contribution >= 0.6 is 22.9 Å². The fourth-order valence-corrected chi connectivity index (χ4v) is 4.66. The van der Waals surface area contributed by atoms with Gasteiger partial charge in [-0.3, -0.25) is 0 Å². The Labute approximate surface area is 135 Å². The summed E-state index contributed by atoms with van der Waals surface area (Å²) in [5.41, 5.74) is 0.425. The molecular formula is C16H22ClN3S. The van der Waals surface area contributed by atoms with Gasteiger partial charge in [0.2, 0.25) is 5.28 Å². The summed E-state index contributed by atoms with van der Waals surface area (Å²) in [5.74, 6) is 1.63. The number of hydrogen-bond donors (Lipinski definition) is 1. The Kier molecular flexibility index (Phi) is 4.36. The van der Waals surface area contributed by atoms with Gasteiger partial charge in [0, 0.05) is 6.54 Å². The molecule has 3 rings (SSSR count). The van der Waals surface area contributed by atoms with Crippen LogP contribution in [0.3, 0.4) is 0 Å². The Bertz CT molecular complexity index is 617. The van der Waals surface area contributed by atoms with Crippen LogP contribution in [0, 0.1) is 11.3 Å². The first kappa shape index (κ1) is 15.0. The lowest BCUT2D eigenvalue weighted by molar-refractivity contribution is 0.252. The first-order valence-electron chi connectivity index (χ1n) is 7.73. The molecule has 0 saturated heterocycles. The summed E-state index contributed by atoms with van der Waals surface area (Å²) >= 11 is 7.65. The van der Waals surface area contributed by atoms with Crippen LogP contribution in [0.4, 0.5) is 5.82 Å². The van der Waals surface area contributed by atoms with Crippen LogP contribution in [0.25, 0.3) is 10.2 Å². The van der Waals surface area contributed by atoms with E-state index in [0.29, 0.717) is 10.7 Å². The van der Waals surface area contributed by atoms with Gasteiger partial charge in [0.15, 0.2) is 0 Å². The second-order valence-electron chi connectivity index (χ2n) is 6.64. The van der Waals surface area contributed by atoms with Crippen LogP contribution in [0.1, 0.15) is 46.0 Å². The molecule has 2 aromatic heterocycles. The van der Waals surface area contributed by atoms with Crippen molar-refractivity contribution in [2.24, 2.45) is 11.3 Å². The van der Waals surface area contributed by atoms with E-state index >= 15 is 0 Å². The topological polar surface area (TPSA) is 37.8 Å². The van der Waals surface area contributed by atoms with Crippen molar-refractivity contribution in [1.29, 1.82) is 0 Å². The average molecular weight is 324 g/mol. The van der Waals surface area contributed by atoms with Gasteiger partial charge in [0.25, 0.3) is 0 Å². The highest BCUT2D eigenvalue weighted by molar-refractivity contribution is 7.16. The zero-order valence-corrected chi connectivity index (χ0v) is 14.2. The average Bonchev–Trinajstić information content (AvgIpc) is 3.04. The molecule has 5 heteroatoms. The fourth-order valence-electron chi connectivity index (χ4n) is 3.68. The quantitative estimate of drug-likeness (QED) is 0.752. The maximum atomic E-state index is 6.04. The number of fused-ring (bicyclic) bond motifs is 1. The summed E-state index contributed by atoms with van der Waals surface area (Å²) in [4.78, 5) is 9.63. The van der Waals surface area contributed by atoms with Crippen LogP contribution in [0.5, 0.6) is 0 Å². The van der Waals surface area contributed by atoms with Crippen molar-refractivity contribution in [3.05, 3.63) is 16.7 Å². The molecule has 1 saturated carbocycles. The third kappa shape index (κ3) is 3.32. The molecule has 3 nitrogen and oxygen atoms in total. The number of thiophene rings is 1. The van der Waals surface area contributed by atoms with E-state index in [1.807, 2.05) is 5.38 Å². The largest absolute Gasteiger partial charge is 0.369 e. The Hall–Kier alpha value is -0.870. The molecule has 1 fully saturated rings. The standard InChI is InChI=1S/C16H22ClN3S/c1-11(2)9-16(6-3-4-7-16)10-18-13-12-5-8-21-14(12)20-15(17)19-13/h5,8,11H,3-4,6-7,9-10H2,1-2H3,(H,18,19,20). The van der Waals surface area contributed by atoms with Crippen molar-refractivity contribution in [3.8, 4) is 0 Å². The van der Waals surface area contributed by atoms with E-state index in [1.165, 1.54) is 32.1 Å². The minimum Gasteiger partial charge on any atom is -0.369 e. The molecule has 0 bridgehead atoms. The van der Waals surface area contributed by atoms with E-state index in [9.17, 15) is 0 Å². The Morgan fingerprint density at radius 1 is 1.33 bits per heavy atom. The zero-order valence-electron chi connectivity index (χ0n) is 12.7. The summed E-state index contributed by atoms with van der Waals surface area (Å²) in [5, 5.41) is 7.03. The first-order valence-corrected chi connectivity index (χ1v) is 8.98. The van der Waals surface area contributed by atoms with Crippen molar-refractivity contribution < 1.29 is 0 Å². The predicted molar refractivity (Wildman–Crippen MR) is 91.3 cm³/mol. The van der Waals surface area contributed by atoms with Gasteiger partial charge in [-0.1, -0.05) is 26.7 Å². The highest BCUT2D eigenvalue weighted by atomic mass is 35.5. The minimum atomic E-state index is 0.330. The molecule has 0 aliphatic heterocycles. The normalized spacial score (nSPS) is 17.7. The number of nitrogens with zero attached hydrogens (tertiary/aromatic N) is 2. The Morgan fingerprint density at radius 2 is 2.10 bits per heavy atom. The van der Waals surface area contributed by atoms with E-state index in [0.717, 1.165) is 28.5 Å². The van der Waals surface area contributed by atoms with Gasteiger partial charge in [-0.05, 0) is 53.6 Å². The van der Waals surface area contributed by atoms with E-state index in [-0.39, 0.29) is 0 Å². The van der Waals surface area contributed by atoms with E-state index in [2.05, 4.69) is 35.2 Å². The van der Waals surface area contributed by atoms with Crippen molar-refractivity contribution >= 4 is 39.0 Å². The molecule has 1 N–H and O–H groups in total. The van der Waals surface area contributed by atoms with Gasteiger partial charge < -0.3 is 5.32 Å². The van der Waals surface area contributed by atoms with Crippen LogP contribution < -0.4 is 5.32 Å². The maximum absolute atomic E-state index is 6.04. The maximum Gasteiger partial charge on any atom is 0.225 e. The second-order valence-corrected chi connectivity index (χ2v) is 7.87. The molecule has 2 aromatic rings. The van der Waals surface area contributed by atoms with Crippen molar-refractivity contribution in [3.63, 3.8) is 0 Å². The van der Waals surface area contributed by atoms with E-state index < -0.39 is 0 Å². The Morgan fingerprint density at radius 3 is 2.81 bits per heavy atom. The molecule has 0 atom stereocenters. The van der Waals surface area contributed by atoms with Crippen molar-refractivity contribution in [1.82, 2.24) is 9.97 Å². The highest BCUT2D eigenvalue weighted by Gasteiger charge is 2.34. The van der Waals surface area contributed by atoms with Crippen LogP contribution in [0.2, 0.25) is 5.28 Å². The number of anilines is 1. The van der Waals surface area contributed by atoms with Crippen LogP contribution in [0.15, 0.2) is 11.4 Å². The van der Waals surface area contributed by atoms with Gasteiger partial charge in [0.1, 0.15) is 10.6 Å². The Balaban J connectivity index is 1.80. The molecule has 21 heavy (non-hydrogen) atoms. The highest BCUT2D eigenvalue weighted by Crippen LogP contribution is 2.43. The van der Waals surface area contributed by atoms with Gasteiger partial charge in [-0.15, -0.1) is 11.3 Å². The molecule has 2 heterocycles. The van der Waals surface area contributed by atoms with Gasteiger partial charge >= 0.3 is 0 Å². The summed E-state index contributed by atoms with van der Waals surface area (Å²) in [6.07, 6.45) is 6.64. The molecule has 0 radical (unpaired) electrons. The lowest BCUT2D eigenvalue weighted by Gasteiger charge is -2.31. The summed E-state index contributed by atoms with van der Waals surface area (Å²) < 4.78 is 0. The lowest BCUT2D eigenvalue weighted by Crippen LogP contribution is -2.28. The monoisotopic (exact) mass is 323 g/mol. The molecular weight excluding hydrogens is 302 g/mol. The van der Waals surface area contributed by atoms with Crippen LogP contribution in [-0.2, 0) is 0 Å². The molecule has 0 unspecified atom stereocenters. The number of rotatable bonds is 5. The van der Waals surface area contributed by atoms with Gasteiger partial charge in [0.05, 0.1) is 5.39 Å². The number of nitrogens with one attached hydrogen (secondary N) is 1. The van der Waals surface area contributed by atoms with Gasteiger partial charge in [-0.2, -0.15) is 0 Å². The zero-order chi connectivity index (χ0) is 14.9. The fraction of sp³-hybridized carbons (Fsp3) is 0.625. The summed E-state index contributed by atoms with van der Waals surface area (Å²) in [6, 6.07) is 2.07. The van der Waals surface area contributed by atoms with Crippen molar-refractivity contribution in [2.45, 2.75) is 46.0 Å². The summed E-state index contributed by atoms with van der Waals surface area (Å²) in [7, 11) is 0. The minimum absolute atomic E-state index is 0.330. The predicted octanol–water partition coefficient (Wildman–Crippen LogP) is 5.36. The molecule has 0 spiro atoms. The summed E-state index contributed by atoms with van der Waals surface area (Å²) in [6.45, 7) is 5.63. The lowest BCUT2D eigenvalue weighted by atomic mass is 9.78. The smallest absolute Gasteiger partial charge is 0.225 e. The number of aromatic nitrogens is 2. The van der Waals surface area contributed by atoms with E-state index in [4.69, 9.17) is 11.6 Å². The molecule has 1 aliphatic carbocycles. The molecule has 0 aromatic carbocycles. The number of hydrogen-bond acceptors (Lipinski definition) is 4. The molecule has 0 amide bonds. The molecule has 1 aliphatic rings.